The summed E-state index contributed by atoms with van der Waals surface area (Å²) in [6.07, 6.45) is 3.89. The Labute approximate surface area is 163 Å². The Morgan fingerprint density at radius 1 is 1.32 bits per heavy atom. The lowest BCUT2D eigenvalue weighted by Crippen LogP contribution is -2.46. The largest absolute Gasteiger partial charge is 0.480 e. The number of carbonyl (C=O) groups is 1. The van der Waals surface area contributed by atoms with E-state index in [9.17, 15) is 13.2 Å². The predicted octanol–water partition coefficient (Wildman–Crippen LogP) is 1.59. The Hall–Kier alpha value is -2.52. The van der Waals surface area contributed by atoms with Gasteiger partial charge in [-0.05, 0) is 44.7 Å². The molecule has 1 aliphatic carbocycles. The smallest absolute Gasteiger partial charge is 0.318 e. The monoisotopic (exact) mass is 402 g/mol. The molecule has 0 radical (unpaired) electrons. The normalized spacial score (nSPS) is 18.6. The van der Waals surface area contributed by atoms with Crippen molar-refractivity contribution >= 4 is 21.9 Å². The molecule has 2 aromatic rings. The Bertz CT molecular complexity index is 1040. The van der Waals surface area contributed by atoms with E-state index in [0.717, 1.165) is 49.2 Å². The van der Waals surface area contributed by atoms with Crippen molar-refractivity contribution in [3.63, 3.8) is 0 Å². The van der Waals surface area contributed by atoms with E-state index in [0.29, 0.717) is 17.6 Å². The lowest BCUT2D eigenvalue weighted by molar-refractivity contribution is -0.135. The van der Waals surface area contributed by atoms with Crippen LogP contribution in [-0.4, -0.2) is 48.6 Å². The topological polar surface area (TPSA) is 112 Å². The Morgan fingerprint density at radius 2 is 2.14 bits per heavy atom. The summed E-state index contributed by atoms with van der Waals surface area (Å²) in [6.45, 7) is 2.40. The number of aliphatic carboxylic acids is 1. The van der Waals surface area contributed by atoms with E-state index < -0.39 is 22.5 Å². The van der Waals surface area contributed by atoms with Crippen LogP contribution >= 0.6 is 0 Å². The number of aryl methyl sites for hydroxylation is 1. The predicted molar refractivity (Wildman–Crippen MR) is 104 cm³/mol. The molecule has 0 unspecified atom stereocenters. The summed E-state index contributed by atoms with van der Waals surface area (Å²) < 4.78 is 26.9. The molecule has 0 bridgehead atoms. The standard InChI is InChI=1S/C19H22N4O4S/c1-12-8-9-23(12)19-21-16-7-3-6-15(16)18(22-19)13-4-2-5-14(10-13)28(26,27)20-11-17(24)25/h2,4-5,10,12,20H,3,6-9,11H2,1H3,(H,24,25)/t12-/m0/s1. The van der Waals surface area contributed by atoms with Crippen LogP contribution in [0.5, 0.6) is 0 Å². The zero-order valence-electron chi connectivity index (χ0n) is 15.6. The van der Waals surface area contributed by atoms with E-state index in [-0.39, 0.29) is 4.90 Å². The molecule has 4 rings (SSSR count). The van der Waals surface area contributed by atoms with Crippen LogP contribution < -0.4 is 9.62 Å². The highest BCUT2D eigenvalue weighted by molar-refractivity contribution is 7.89. The second-order valence-corrected chi connectivity index (χ2v) is 9.00. The molecule has 148 valence electrons. The number of carboxylic acid groups (broad SMARTS) is 1. The number of sulfonamides is 1. The van der Waals surface area contributed by atoms with Gasteiger partial charge in [-0.2, -0.15) is 4.72 Å². The fourth-order valence-corrected chi connectivity index (χ4v) is 4.67. The third-order valence-electron chi connectivity index (χ3n) is 5.33. The highest BCUT2D eigenvalue weighted by atomic mass is 32.2. The zero-order valence-corrected chi connectivity index (χ0v) is 16.4. The molecule has 28 heavy (non-hydrogen) atoms. The molecule has 1 aromatic carbocycles. The average molecular weight is 402 g/mol. The summed E-state index contributed by atoms with van der Waals surface area (Å²) in [7, 11) is -3.91. The third kappa shape index (κ3) is 3.47. The van der Waals surface area contributed by atoms with E-state index in [1.807, 2.05) is 6.07 Å². The number of anilines is 1. The van der Waals surface area contributed by atoms with Gasteiger partial charge in [0.2, 0.25) is 16.0 Å². The third-order valence-corrected chi connectivity index (χ3v) is 6.73. The molecule has 0 saturated carbocycles. The maximum Gasteiger partial charge on any atom is 0.318 e. The molecule has 1 saturated heterocycles. The van der Waals surface area contributed by atoms with Crippen LogP contribution in [0.4, 0.5) is 5.95 Å². The van der Waals surface area contributed by atoms with Crippen LogP contribution in [0.1, 0.15) is 31.0 Å². The molecular formula is C19H22N4O4S. The first kappa shape index (κ1) is 18.8. The van der Waals surface area contributed by atoms with Crippen molar-refractivity contribution in [3.05, 3.63) is 35.5 Å². The number of hydrogen-bond acceptors (Lipinski definition) is 6. The fraction of sp³-hybridized carbons (Fsp3) is 0.421. The van der Waals surface area contributed by atoms with E-state index in [2.05, 4.69) is 16.5 Å². The van der Waals surface area contributed by atoms with E-state index in [4.69, 9.17) is 15.1 Å². The lowest BCUT2D eigenvalue weighted by atomic mass is 10.0. The molecule has 2 aliphatic rings. The Kier molecular flexibility index (Phi) is 4.80. The molecule has 2 heterocycles. The van der Waals surface area contributed by atoms with Crippen LogP contribution in [0.2, 0.25) is 0 Å². The summed E-state index contributed by atoms with van der Waals surface area (Å²) >= 11 is 0. The van der Waals surface area contributed by atoms with Gasteiger partial charge in [0.15, 0.2) is 0 Å². The van der Waals surface area contributed by atoms with Crippen molar-refractivity contribution in [1.82, 2.24) is 14.7 Å². The maximum atomic E-state index is 12.4. The summed E-state index contributed by atoms with van der Waals surface area (Å²) in [5.74, 6) is -0.534. The van der Waals surface area contributed by atoms with Gasteiger partial charge in [0.25, 0.3) is 0 Å². The van der Waals surface area contributed by atoms with Crippen LogP contribution in [0.25, 0.3) is 11.3 Å². The molecule has 8 nitrogen and oxygen atoms in total. The van der Waals surface area contributed by atoms with Crippen molar-refractivity contribution in [1.29, 1.82) is 0 Å². The zero-order chi connectivity index (χ0) is 19.9. The van der Waals surface area contributed by atoms with Crippen LogP contribution in [-0.2, 0) is 27.7 Å². The van der Waals surface area contributed by atoms with E-state index >= 15 is 0 Å². The van der Waals surface area contributed by atoms with Crippen molar-refractivity contribution in [2.75, 3.05) is 18.0 Å². The number of hydrogen-bond donors (Lipinski definition) is 2. The van der Waals surface area contributed by atoms with Crippen LogP contribution in [0.3, 0.4) is 0 Å². The van der Waals surface area contributed by atoms with E-state index in [1.165, 1.54) is 6.07 Å². The number of carboxylic acids is 1. The molecule has 0 amide bonds. The van der Waals surface area contributed by atoms with Crippen molar-refractivity contribution in [2.24, 2.45) is 0 Å². The quantitative estimate of drug-likeness (QED) is 0.754. The van der Waals surface area contributed by atoms with Gasteiger partial charge in [-0.25, -0.2) is 18.4 Å². The highest BCUT2D eigenvalue weighted by Gasteiger charge is 2.29. The number of rotatable bonds is 6. The van der Waals surface area contributed by atoms with Crippen molar-refractivity contribution in [3.8, 4) is 11.3 Å². The summed E-state index contributed by atoms with van der Waals surface area (Å²) in [5.41, 5.74) is 3.58. The molecule has 1 fully saturated rings. The Morgan fingerprint density at radius 3 is 2.82 bits per heavy atom. The SMILES string of the molecule is C[C@H]1CCN1c1nc2c(c(-c3cccc(S(=O)(=O)NCC(=O)O)c3)n1)CCC2. The van der Waals surface area contributed by atoms with Gasteiger partial charge >= 0.3 is 5.97 Å². The van der Waals surface area contributed by atoms with Crippen molar-refractivity contribution < 1.29 is 18.3 Å². The van der Waals surface area contributed by atoms with Gasteiger partial charge in [0.1, 0.15) is 6.54 Å². The second-order valence-electron chi connectivity index (χ2n) is 7.23. The van der Waals surface area contributed by atoms with Gasteiger partial charge in [-0.15, -0.1) is 0 Å². The van der Waals surface area contributed by atoms with Gasteiger partial charge in [0, 0.05) is 29.4 Å². The molecule has 2 N–H and O–H groups in total. The van der Waals surface area contributed by atoms with Gasteiger partial charge in [-0.3, -0.25) is 4.79 Å². The number of aromatic nitrogens is 2. The maximum absolute atomic E-state index is 12.4. The van der Waals surface area contributed by atoms with Gasteiger partial charge in [-0.1, -0.05) is 12.1 Å². The Balaban J connectivity index is 1.74. The average Bonchev–Trinajstić information content (AvgIpc) is 3.13. The number of nitrogens with zero attached hydrogens (tertiary/aromatic N) is 3. The highest BCUT2D eigenvalue weighted by Crippen LogP contribution is 2.34. The molecule has 1 atom stereocenters. The summed E-state index contributed by atoms with van der Waals surface area (Å²) in [4.78, 5) is 22.4. The molecule has 9 heteroatoms. The number of nitrogens with one attached hydrogen (secondary N) is 1. The minimum Gasteiger partial charge on any atom is -0.480 e. The molecule has 1 aliphatic heterocycles. The second kappa shape index (κ2) is 7.14. The van der Waals surface area contributed by atoms with Gasteiger partial charge in [0.05, 0.1) is 10.6 Å². The van der Waals surface area contributed by atoms with Gasteiger partial charge < -0.3 is 10.0 Å². The van der Waals surface area contributed by atoms with Crippen LogP contribution in [0.15, 0.2) is 29.2 Å². The first-order chi connectivity index (χ1) is 13.3. The van der Waals surface area contributed by atoms with E-state index in [1.54, 1.807) is 12.1 Å². The number of benzene rings is 1. The van der Waals surface area contributed by atoms with Crippen molar-refractivity contribution in [2.45, 2.75) is 43.5 Å². The molecular weight excluding hydrogens is 380 g/mol. The summed E-state index contributed by atoms with van der Waals surface area (Å²) in [6, 6.07) is 6.89. The minimum atomic E-state index is -3.91. The molecule has 0 spiro atoms. The lowest BCUT2D eigenvalue weighted by Gasteiger charge is -2.39. The number of fused-ring (bicyclic) bond motifs is 1. The summed E-state index contributed by atoms with van der Waals surface area (Å²) in [5, 5.41) is 8.75. The first-order valence-corrected chi connectivity index (χ1v) is 10.8. The fourth-order valence-electron chi connectivity index (χ4n) is 3.65. The van der Waals surface area contributed by atoms with Crippen LogP contribution in [0, 0.1) is 0 Å². The molecule has 1 aromatic heterocycles. The first-order valence-electron chi connectivity index (χ1n) is 9.33. The minimum absolute atomic E-state index is 0.0236.